The Bertz CT molecular complexity index is 1030. The van der Waals surface area contributed by atoms with Crippen molar-refractivity contribution in [1.29, 1.82) is 0 Å². The third-order valence-electron chi connectivity index (χ3n) is 9.14. The van der Waals surface area contributed by atoms with E-state index < -0.39 is 47.5 Å². The lowest BCUT2D eigenvalue weighted by Gasteiger charge is -2.25. The number of quaternary nitrogens is 1. The molecule has 12 heteroatoms. The van der Waals surface area contributed by atoms with E-state index >= 15 is 0 Å². The molecule has 1 saturated heterocycles. The minimum absolute atomic E-state index is 0.0675. The van der Waals surface area contributed by atoms with E-state index in [2.05, 4.69) is 28.2 Å². The number of nitrogens with zero attached hydrogens (tertiary/aromatic N) is 2. The molecule has 1 fully saturated rings. The summed E-state index contributed by atoms with van der Waals surface area (Å²) in [5.74, 6) is -3.99. The Morgan fingerprint density at radius 3 is 1.67 bits per heavy atom. The van der Waals surface area contributed by atoms with E-state index in [-0.39, 0.29) is 25.2 Å². The first-order valence-electron chi connectivity index (χ1n) is 19.0. The quantitative estimate of drug-likeness (QED) is 0.0553. The number of likely N-dealkylation sites (tertiary alicyclic amines) is 1. The van der Waals surface area contributed by atoms with Crippen LogP contribution in [0.15, 0.2) is 0 Å². The van der Waals surface area contributed by atoms with Gasteiger partial charge >= 0.3 is 0 Å². The van der Waals surface area contributed by atoms with E-state index in [1.807, 2.05) is 21.1 Å². The molecule has 0 aromatic carbocycles. The van der Waals surface area contributed by atoms with Gasteiger partial charge in [-0.1, -0.05) is 110 Å². The molecule has 3 unspecified atom stereocenters. The van der Waals surface area contributed by atoms with Gasteiger partial charge in [0.25, 0.3) is 5.91 Å². The minimum atomic E-state index is -1.32. The molecule has 0 bridgehead atoms. The van der Waals surface area contributed by atoms with Crippen LogP contribution in [-0.4, -0.2) is 105 Å². The minimum Gasteiger partial charge on any atom is -0.357 e. The van der Waals surface area contributed by atoms with Gasteiger partial charge in [-0.2, -0.15) is 0 Å². The number of rotatable bonds is 28. The van der Waals surface area contributed by atoms with E-state index in [1.54, 1.807) is 6.92 Å². The average molecular weight is 694 g/mol. The molecule has 3 atom stereocenters. The summed E-state index contributed by atoms with van der Waals surface area (Å²) < 4.78 is 0.683. The smallest absolute Gasteiger partial charge is 0.253 e. The molecule has 1 rings (SSSR count). The fourth-order valence-corrected chi connectivity index (χ4v) is 6.00. The van der Waals surface area contributed by atoms with Gasteiger partial charge < -0.3 is 25.8 Å². The van der Waals surface area contributed by atoms with Crippen LogP contribution >= 0.6 is 0 Å². The third-order valence-corrected chi connectivity index (χ3v) is 9.14. The van der Waals surface area contributed by atoms with Gasteiger partial charge in [0.05, 0.1) is 47.1 Å². The molecule has 282 valence electrons. The van der Waals surface area contributed by atoms with E-state index in [4.69, 9.17) is 0 Å². The second kappa shape index (κ2) is 25.0. The van der Waals surface area contributed by atoms with Crippen LogP contribution in [0.2, 0.25) is 0 Å². The van der Waals surface area contributed by atoms with Gasteiger partial charge in [0.2, 0.25) is 29.5 Å². The number of amides is 6. The molecule has 49 heavy (non-hydrogen) atoms. The number of hydrogen-bond donors (Lipinski definition) is 4. The maximum Gasteiger partial charge on any atom is 0.253 e. The molecule has 1 aliphatic rings. The highest BCUT2D eigenvalue weighted by atomic mass is 16.2. The molecule has 4 N–H and O–H groups in total. The second-order valence-corrected chi connectivity index (χ2v) is 14.8. The predicted octanol–water partition coefficient (Wildman–Crippen LogP) is 3.96. The highest BCUT2D eigenvalue weighted by Gasteiger charge is 2.46. The first-order valence-corrected chi connectivity index (χ1v) is 19.0. The van der Waals surface area contributed by atoms with Gasteiger partial charge in [-0.15, -0.1) is 0 Å². The summed E-state index contributed by atoms with van der Waals surface area (Å²) in [6, 6.07) is -2.48. The monoisotopic (exact) mass is 694 g/mol. The van der Waals surface area contributed by atoms with Crippen molar-refractivity contribution in [2.45, 2.75) is 148 Å². The van der Waals surface area contributed by atoms with Crippen LogP contribution in [0.1, 0.15) is 136 Å². The SMILES string of the molecule is CCCCCCCCCCCCCCCCCCNC(=O)CC(C(=O)NC)N1C(=O)CC(NC(=O)C(C)CC(=O)NCC[N+](C)(C)C)C1=O. The number of nitrogens with one attached hydrogen (secondary N) is 4. The first-order chi connectivity index (χ1) is 23.3. The highest BCUT2D eigenvalue weighted by molar-refractivity contribution is 6.10. The topological polar surface area (TPSA) is 154 Å². The van der Waals surface area contributed by atoms with Crippen LogP contribution in [0.4, 0.5) is 0 Å². The van der Waals surface area contributed by atoms with Crippen LogP contribution in [0.5, 0.6) is 0 Å². The van der Waals surface area contributed by atoms with Crippen molar-refractivity contribution in [3.8, 4) is 0 Å². The molecule has 0 aromatic heterocycles. The van der Waals surface area contributed by atoms with Crippen molar-refractivity contribution in [3.05, 3.63) is 0 Å². The molecule has 0 aromatic rings. The van der Waals surface area contributed by atoms with E-state index in [1.165, 1.54) is 90.5 Å². The highest BCUT2D eigenvalue weighted by Crippen LogP contribution is 2.20. The lowest BCUT2D eigenvalue weighted by Crippen LogP contribution is -2.53. The number of hydrogen-bond acceptors (Lipinski definition) is 6. The second-order valence-electron chi connectivity index (χ2n) is 14.8. The number of likely N-dealkylation sites (N-methyl/N-ethyl adjacent to an activating group) is 2. The fraction of sp³-hybridized carbons (Fsp3) is 0.838. The summed E-state index contributed by atoms with van der Waals surface area (Å²) in [4.78, 5) is 77.3. The van der Waals surface area contributed by atoms with E-state index in [0.29, 0.717) is 17.6 Å². The molecule has 0 saturated carbocycles. The van der Waals surface area contributed by atoms with E-state index in [9.17, 15) is 28.8 Å². The van der Waals surface area contributed by atoms with Gasteiger partial charge in [-0.05, 0) is 6.42 Å². The van der Waals surface area contributed by atoms with Crippen LogP contribution < -0.4 is 21.3 Å². The van der Waals surface area contributed by atoms with Crippen molar-refractivity contribution in [2.24, 2.45) is 5.92 Å². The Hall–Kier alpha value is -3.02. The van der Waals surface area contributed by atoms with Crippen LogP contribution in [0.3, 0.4) is 0 Å². The Balaban J connectivity index is 2.35. The van der Waals surface area contributed by atoms with Crippen molar-refractivity contribution < 1.29 is 33.3 Å². The largest absolute Gasteiger partial charge is 0.357 e. The Morgan fingerprint density at radius 2 is 1.18 bits per heavy atom. The zero-order chi connectivity index (χ0) is 36.7. The zero-order valence-electron chi connectivity index (χ0n) is 31.6. The molecule has 0 spiro atoms. The van der Waals surface area contributed by atoms with E-state index in [0.717, 1.165) is 30.7 Å². The maximum absolute atomic E-state index is 13.2. The summed E-state index contributed by atoms with van der Waals surface area (Å²) in [6.45, 7) is 5.48. The maximum atomic E-state index is 13.2. The number of carbonyl (C=O) groups excluding carboxylic acids is 6. The van der Waals surface area contributed by atoms with Crippen LogP contribution in [0.25, 0.3) is 0 Å². The summed E-state index contributed by atoms with van der Waals surface area (Å²) >= 11 is 0. The van der Waals surface area contributed by atoms with Gasteiger partial charge in [0.1, 0.15) is 12.1 Å². The van der Waals surface area contributed by atoms with Gasteiger partial charge in [-0.25, -0.2) is 0 Å². The van der Waals surface area contributed by atoms with Crippen LogP contribution in [0, 0.1) is 5.92 Å². The lowest BCUT2D eigenvalue weighted by atomic mass is 10.0. The van der Waals surface area contributed by atoms with Gasteiger partial charge in [0.15, 0.2) is 0 Å². The van der Waals surface area contributed by atoms with Gasteiger partial charge in [0, 0.05) is 25.9 Å². The summed E-state index contributed by atoms with van der Waals surface area (Å²) in [7, 11) is 7.40. The predicted molar refractivity (Wildman–Crippen MR) is 193 cm³/mol. The average Bonchev–Trinajstić information content (AvgIpc) is 3.31. The zero-order valence-corrected chi connectivity index (χ0v) is 31.6. The van der Waals surface area contributed by atoms with Crippen molar-refractivity contribution >= 4 is 35.4 Å². The summed E-state index contributed by atoms with van der Waals surface area (Å²) in [6.07, 6.45) is 19.4. The first kappa shape index (κ1) is 44.0. The Morgan fingerprint density at radius 1 is 0.714 bits per heavy atom. The lowest BCUT2D eigenvalue weighted by molar-refractivity contribution is -0.869. The molecule has 6 amide bonds. The summed E-state index contributed by atoms with van der Waals surface area (Å²) in [5, 5.41) is 10.6. The molecule has 0 radical (unpaired) electrons. The van der Waals surface area contributed by atoms with Crippen LogP contribution in [-0.2, 0) is 28.8 Å². The molecule has 1 aliphatic heterocycles. The molecular formula is C37H69N6O6+. The fourth-order valence-electron chi connectivity index (χ4n) is 6.00. The number of carbonyl (C=O) groups is 6. The number of unbranched alkanes of at least 4 members (excludes halogenated alkanes) is 15. The third kappa shape index (κ3) is 19.7. The van der Waals surface area contributed by atoms with Crippen molar-refractivity contribution in [3.63, 3.8) is 0 Å². The van der Waals surface area contributed by atoms with Crippen molar-refractivity contribution in [2.75, 3.05) is 47.8 Å². The van der Waals surface area contributed by atoms with Gasteiger partial charge in [-0.3, -0.25) is 33.7 Å². The Kier molecular flexibility index (Phi) is 22.5. The summed E-state index contributed by atoms with van der Waals surface area (Å²) in [5.41, 5.74) is 0. The number of imide groups is 1. The molecule has 12 nitrogen and oxygen atoms in total. The Labute approximate surface area is 296 Å². The van der Waals surface area contributed by atoms with Crippen molar-refractivity contribution in [1.82, 2.24) is 26.2 Å². The molecule has 1 heterocycles. The normalized spacial score (nSPS) is 16.0. The standard InChI is InChI=1S/C37H68N6O6/c1-7-8-9-10-11-12-13-14-15-16-17-18-19-20-21-22-23-39-33(45)28-31(36(48)38-3)42-34(46)27-30(37(42)49)41-35(47)29(2)26-32(44)40-24-25-43(4,5)6/h29-31H,7-28H2,1-6H3,(H3-,38,39,40,41,44,45,47,48)/p+1. The molecular weight excluding hydrogens is 624 g/mol. The molecule has 0 aliphatic carbocycles.